The second-order valence-corrected chi connectivity index (χ2v) is 4.76. The summed E-state index contributed by atoms with van der Waals surface area (Å²) in [7, 11) is 0. The summed E-state index contributed by atoms with van der Waals surface area (Å²) in [5.41, 5.74) is 6.87. The molecule has 0 amide bonds. The van der Waals surface area contributed by atoms with Gasteiger partial charge in [0, 0.05) is 0 Å². The summed E-state index contributed by atoms with van der Waals surface area (Å²) >= 11 is 0. The van der Waals surface area contributed by atoms with Gasteiger partial charge in [-0.15, -0.1) is 5.10 Å². The van der Waals surface area contributed by atoms with Crippen molar-refractivity contribution in [3.05, 3.63) is 47.5 Å². The lowest BCUT2D eigenvalue weighted by atomic mass is 10.1. The lowest BCUT2D eigenvalue weighted by Crippen LogP contribution is -2.15. The van der Waals surface area contributed by atoms with Gasteiger partial charge in [-0.1, -0.05) is 17.3 Å². The number of rotatable bonds is 3. The molecule has 0 saturated heterocycles. The summed E-state index contributed by atoms with van der Waals surface area (Å²) in [5.74, 6) is -0.305. The van der Waals surface area contributed by atoms with Gasteiger partial charge in [-0.3, -0.25) is 0 Å². The lowest BCUT2D eigenvalue weighted by molar-refractivity contribution is 0.516. The number of benzene rings is 1. The quantitative estimate of drug-likeness (QED) is 0.903. The number of nitrogens with two attached hydrogens (primary N) is 1. The van der Waals surface area contributed by atoms with Crippen LogP contribution in [0.5, 0.6) is 0 Å². The highest BCUT2D eigenvalue weighted by atomic mass is 19.1. The average molecular weight is 257 g/mol. The Balaban J connectivity index is 1.87. The molecular formula is C13H12FN5. The molecule has 5 nitrogen and oxygen atoms in total. The summed E-state index contributed by atoms with van der Waals surface area (Å²) in [4.78, 5) is 0. The predicted octanol–water partition coefficient (Wildman–Crippen LogP) is 1.48. The monoisotopic (exact) mass is 257 g/mol. The highest BCUT2D eigenvalue weighted by Gasteiger charge is 2.46. The molecule has 2 aromatic rings. The summed E-state index contributed by atoms with van der Waals surface area (Å²) in [6, 6.07) is 7.73. The van der Waals surface area contributed by atoms with Crippen LogP contribution in [0.1, 0.15) is 30.1 Å². The Kier molecular flexibility index (Phi) is 2.57. The van der Waals surface area contributed by atoms with Gasteiger partial charge >= 0.3 is 0 Å². The van der Waals surface area contributed by atoms with Gasteiger partial charge in [0.1, 0.15) is 11.5 Å². The highest BCUT2D eigenvalue weighted by Crippen LogP contribution is 2.42. The summed E-state index contributed by atoms with van der Waals surface area (Å²) < 4.78 is 14.4. The fraction of sp³-hybridized carbons (Fsp3) is 0.308. The van der Waals surface area contributed by atoms with Crippen molar-refractivity contribution in [2.45, 2.75) is 24.4 Å². The van der Waals surface area contributed by atoms with Gasteiger partial charge in [0.05, 0.1) is 18.3 Å². The van der Waals surface area contributed by atoms with Crippen molar-refractivity contribution in [3.8, 4) is 6.07 Å². The minimum absolute atomic E-state index is 0.305. The second kappa shape index (κ2) is 4.14. The Hall–Kier alpha value is -2.26. The van der Waals surface area contributed by atoms with E-state index in [9.17, 15) is 4.39 Å². The minimum Gasteiger partial charge on any atom is -0.319 e. The molecule has 1 atom stereocenters. The molecule has 3 rings (SSSR count). The Morgan fingerprint density at radius 1 is 1.37 bits per heavy atom. The maximum absolute atomic E-state index is 12.9. The van der Waals surface area contributed by atoms with Crippen molar-refractivity contribution in [1.29, 1.82) is 5.26 Å². The number of hydrogen-bond acceptors (Lipinski definition) is 4. The molecule has 2 N–H and O–H groups in total. The van der Waals surface area contributed by atoms with Crippen molar-refractivity contribution in [3.63, 3.8) is 0 Å². The van der Waals surface area contributed by atoms with E-state index in [1.54, 1.807) is 23.0 Å². The van der Waals surface area contributed by atoms with E-state index in [0.717, 1.165) is 18.4 Å². The summed E-state index contributed by atoms with van der Waals surface area (Å²) in [5, 5.41) is 17.1. The van der Waals surface area contributed by atoms with Crippen LogP contribution in [0.2, 0.25) is 0 Å². The molecule has 0 unspecified atom stereocenters. The maximum Gasteiger partial charge on any atom is 0.150 e. The maximum atomic E-state index is 12.9. The average Bonchev–Trinajstić information content (AvgIpc) is 3.08. The molecule has 1 aromatic heterocycles. The molecule has 0 spiro atoms. The van der Waals surface area contributed by atoms with E-state index in [1.165, 1.54) is 12.1 Å². The van der Waals surface area contributed by atoms with E-state index in [2.05, 4.69) is 16.4 Å². The molecule has 0 radical (unpaired) electrons. The van der Waals surface area contributed by atoms with E-state index in [1.807, 2.05) is 0 Å². The van der Waals surface area contributed by atoms with Crippen LogP contribution in [0.3, 0.4) is 0 Å². The van der Waals surface area contributed by atoms with Crippen LogP contribution >= 0.6 is 0 Å². The summed E-state index contributed by atoms with van der Waals surface area (Å²) in [6.45, 7) is 0. The molecule has 1 saturated carbocycles. The van der Waals surface area contributed by atoms with Crippen LogP contribution in [0.15, 0.2) is 30.5 Å². The molecule has 1 aliphatic carbocycles. The number of nitrogens with zero attached hydrogens (tertiary/aromatic N) is 4. The summed E-state index contributed by atoms with van der Waals surface area (Å²) in [6.07, 6.45) is 3.28. The fourth-order valence-electron chi connectivity index (χ4n) is 1.98. The van der Waals surface area contributed by atoms with Gasteiger partial charge in [0.25, 0.3) is 0 Å². The number of aromatic nitrogens is 3. The third kappa shape index (κ3) is 1.98. The first-order chi connectivity index (χ1) is 9.14. The standard InChI is InChI=1S/C13H12FN5/c14-10-3-1-9(2-4-10)12(16)11-7-19(18-17-11)13(8-15)5-6-13/h1-4,7,12H,5-6,16H2/t12-/m0/s1. The predicted molar refractivity (Wildman–Crippen MR) is 65.3 cm³/mol. The topological polar surface area (TPSA) is 80.5 Å². The van der Waals surface area contributed by atoms with Gasteiger partial charge in [0.2, 0.25) is 0 Å². The van der Waals surface area contributed by atoms with Crippen molar-refractivity contribution < 1.29 is 4.39 Å². The molecule has 0 aliphatic heterocycles. The van der Waals surface area contributed by atoms with E-state index in [-0.39, 0.29) is 5.82 Å². The third-order valence-corrected chi connectivity index (χ3v) is 3.43. The van der Waals surface area contributed by atoms with Crippen LogP contribution in [0, 0.1) is 17.1 Å². The first kappa shape index (κ1) is 11.8. The van der Waals surface area contributed by atoms with Crippen LogP contribution in [-0.4, -0.2) is 15.0 Å². The minimum atomic E-state index is -0.534. The van der Waals surface area contributed by atoms with Gasteiger partial charge in [0.15, 0.2) is 5.54 Å². The van der Waals surface area contributed by atoms with E-state index in [4.69, 9.17) is 11.0 Å². The first-order valence-electron chi connectivity index (χ1n) is 6.00. The molecule has 96 valence electrons. The zero-order valence-corrected chi connectivity index (χ0v) is 10.1. The molecule has 19 heavy (non-hydrogen) atoms. The fourth-order valence-corrected chi connectivity index (χ4v) is 1.98. The molecule has 1 aromatic carbocycles. The van der Waals surface area contributed by atoms with Crippen molar-refractivity contribution >= 4 is 0 Å². The van der Waals surface area contributed by atoms with Gasteiger partial charge in [-0.05, 0) is 30.5 Å². The Labute approximate surface area is 109 Å². The second-order valence-electron chi connectivity index (χ2n) is 4.76. The van der Waals surface area contributed by atoms with E-state index >= 15 is 0 Å². The van der Waals surface area contributed by atoms with Crippen LogP contribution in [-0.2, 0) is 5.54 Å². The zero-order chi connectivity index (χ0) is 13.5. The Morgan fingerprint density at radius 3 is 2.63 bits per heavy atom. The molecular weight excluding hydrogens is 245 g/mol. The molecule has 1 heterocycles. The molecule has 1 aliphatic rings. The van der Waals surface area contributed by atoms with Gasteiger partial charge in [-0.2, -0.15) is 5.26 Å². The zero-order valence-electron chi connectivity index (χ0n) is 10.1. The molecule has 6 heteroatoms. The number of nitriles is 1. The van der Waals surface area contributed by atoms with Crippen LogP contribution in [0.25, 0.3) is 0 Å². The molecule has 0 bridgehead atoms. The van der Waals surface area contributed by atoms with Crippen molar-refractivity contribution in [1.82, 2.24) is 15.0 Å². The smallest absolute Gasteiger partial charge is 0.150 e. The highest BCUT2D eigenvalue weighted by molar-refractivity contribution is 5.27. The lowest BCUT2D eigenvalue weighted by Gasteiger charge is -2.08. The number of halogens is 1. The van der Waals surface area contributed by atoms with E-state index in [0.29, 0.717) is 5.69 Å². The van der Waals surface area contributed by atoms with Crippen molar-refractivity contribution in [2.24, 2.45) is 5.73 Å². The Bertz CT molecular complexity index is 636. The SMILES string of the molecule is N#CC1(n2cc([C@@H](N)c3ccc(F)cc3)nn2)CC1. The van der Waals surface area contributed by atoms with Gasteiger partial charge in [-0.25, -0.2) is 9.07 Å². The van der Waals surface area contributed by atoms with Crippen LogP contribution < -0.4 is 5.73 Å². The normalized spacial score (nSPS) is 17.7. The Morgan fingerprint density at radius 2 is 2.05 bits per heavy atom. The number of hydrogen-bond donors (Lipinski definition) is 1. The van der Waals surface area contributed by atoms with Gasteiger partial charge < -0.3 is 5.73 Å². The first-order valence-corrected chi connectivity index (χ1v) is 6.00. The van der Waals surface area contributed by atoms with Crippen molar-refractivity contribution in [2.75, 3.05) is 0 Å². The third-order valence-electron chi connectivity index (χ3n) is 3.43. The van der Waals surface area contributed by atoms with E-state index < -0.39 is 11.6 Å². The van der Waals surface area contributed by atoms with Crippen LogP contribution in [0.4, 0.5) is 4.39 Å². The largest absolute Gasteiger partial charge is 0.319 e. The molecule has 1 fully saturated rings.